The van der Waals surface area contributed by atoms with Crippen LogP contribution in [0.5, 0.6) is 0 Å². The van der Waals surface area contributed by atoms with Gasteiger partial charge >= 0.3 is 0 Å². The van der Waals surface area contributed by atoms with Crippen molar-refractivity contribution in [2.75, 3.05) is 26.9 Å². The van der Waals surface area contributed by atoms with Crippen molar-refractivity contribution >= 4 is 0 Å². The Morgan fingerprint density at radius 1 is 1.42 bits per heavy atom. The predicted molar refractivity (Wildman–Crippen MR) is 67.8 cm³/mol. The minimum Gasteiger partial charge on any atom is -0.379 e. The zero-order valence-corrected chi connectivity index (χ0v) is 11.5. The van der Waals surface area contributed by atoms with E-state index in [0.717, 1.165) is 6.54 Å². The van der Waals surface area contributed by atoms with Crippen LogP contribution in [0.3, 0.4) is 0 Å². The van der Waals surface area contributed by atoms with Crippen LogP contribution >= 0.6 is 0 Å². The largest absolute Gasteiger partial charge is 0.379 e. The molecule has 3 unspecified atom stereocenters. The molecule has 0 amide bonds. The first-order valence-corrected chi connectivity index (χ1v) is 7.01. The van der Waals surface area contributed by atoms with E-state index in [4.69, 9.17) is 14.0 Å². The molecule has 1 aliphatic heterocycles. The van der Waals surface area contributed by atoms with Gasteiger partial charge in [-0.3, -0.25) is 0 Å². The molecular formula is C13H21N3O3. The topological polar surface area (TPSA) is 69.4 Å². The van der Waals surface area contributed by atoms with Crippen LogP contribution < -0.4 is 5.32 Å². The maximum absolute atomic E-state index is 5.51. The Hall–Kier alpha value is -0.980. The zero-order valence-electron chi connectivity index (χ0n) is 11.5. The van der Waals surface area contributed by atoms with E-state index in [9.17, 15) is 0 Å². The van der Waals surface area contributed by atoms with Gasteiger partial charge in [-0.25, -0.2) is 0 Å². The van der Waals surface area contributed by atoms with Crippen LogP contribution in [0.2, 0.25) is 0 Å². The molecule has 1 aromatic heterocycles. The fourth-order valence-corrected chi connectivity index (χ4v) is 2.68. The lowest BCUT2D eigenvalue weighted by atomic mass is 10.0. The van der Waals surface area contributed by atoms with Crippen molar-refractivity contribution in [2.24, 2.45) is 5.92 Å². The lowest BCUT2D eigenvalue weighted by Crippen LogP contribution is -2.34. The summed E-state index contributed by atoms with van der Waals surface area (Å²) in [6.07, 6.45) is 2.36. The molecular weight excluding hydrogens is 246 g/mol. The lowest BCUT2D eigenvalue weighted by molar-refractivity contribution is 0.0751. The molecule has 2 fully saturated rings. The van der Waals surface area contributed by atoms with Crippen molar-refractivity contribution in [3.63, 3.8) is 0 Å². The first kappa shape index (κ1) is 13.0. The molecule has 2 aliphatic rings. The van der Waals surface area contributed by atoms with E-state index in [-0.39, 0.29) is 18.1 Å². The van der Waals surface area contributed by atoms with E-state index >= 15 is 0 Å². The molecule has 0 aromatic carbocycles. The summed E-state index contributed by atoms with van der Waals surface area (Å²) in [6, 6.07) is 0.264. The van der Waals surface area contributed by atoms with Crippen LogP contribution in [0.1, 0.15) is 43.5 Å². The Kier molecular flexibility index (Phi) is 3.81. The van der Waals surface area contributed by atoms with Crippen molar-refractivity contribution in [2.45, 2.75) is 37.8 Å². The van der Waals surface area contributed by atoms with E-state index in [0.29, 0.717) is 30.8 Å². The third-order valence-corrected chi connectivity index (χ3v) is 3.88. The van der Waals surface area contributed by atoms with Gasteiger partial charge in [-0.15, -0.1) is 0 Å². The standard InChI is InChI=1S/C13H21N3O3/c1-3-14-10-7-18-6-9(10)13-15-12(16-19-13)11(17-2)8-4-5-8/h8-11,14H,3-7H2,1-2H3. The Morgan fingerprint density at radius 3 is 2.95 bits per heavy atom. The Balaban J connectivity index is 1.73. The molecule has 106 valence electrons. The summed E-state index contributed by atoms with van der Waals surface area (Å²) in [5.74, 6) is 2.06. The van der Waals surface area contributed by atoms with Gasteiger partial charge in [0.25, 0.3) is 0 Å². The first-order valence-electron chi connectivity index (χ1n) is 7.01. The molecule has 1 N–H and O–H groups in total. The lowest BCUT2D eigenvalue weighted by Gasteiger charge is -2.14. The molecule has 3 atom stereocenters. The molecule has 19 heavy (non-hydrogen) atoms. The second-order valence-electron chi connectivity index (χ2n) is 5.29. The Labute approximate surface area is 112 Å². The van der Waals surface area contributed by atoms with Crippen LogP contribution in [0, 0.1) is 5.92 Å². The monoisotopic (exact) mass is 267 g/mol. The average Bonchev–Trinajstić information content (AvgIpc) is 2.95. The normalized spacial score (nSPS) is 28.7. The summed E-state index contributed by atoms with van der Waals surface area (Å²) < 4.78 is 16.4. The molecule has 1 aliphatic carbocycles. The number of nitrogens with one attached hydrogen (secondary N) is 1. The van der Waals surface area contributed by atoms with Crippen LogP contribution in [0.25, 0.3) is 0 Å². The van der Waals surface area contributed by atoms with Crippen molar-refractivity contribution in [3.05, 3.63) is 11.7 Å². The van der Waals surface area contributed by atoms with Gasteiger partial charge in [0.2, 0.25) is 11.7 Å². The summed E-state index contributed by atoms with van der Waals surface area (Å²) in [7, 11) is 1.71. The SMILES string of the molecule is CCNC1COCC1c1nc(C(OC)C2CC2)no1. The summed E-state index contributed by atoms with van der Waals surface area (Å²) in [4.78, 5) is 4.53. The van der Waals surface area contributed by atoms with Gasteiger partial charge < -0.3 is 19.3 Å². The summed E-state index contributed by atoms with van der Waals surface area (Å²) in [5.41, 5.74) is 0. The smallest absolute Gasteiger partial charge is 0.233 e. The fourth-order valence-electron chi connectivity index (χ4n) is 2.68. The van der Waals surface area contributed by atoms with Crippen molar-refractivity contribution in [3.8, 4) is 0 Å². The molecule has 0 radical (unpaired) electrons. The summed E-state index contributed by atoms with van der Waals surface area (Å²) in [5, 5.41) is 7.49. The van der Waals surface area contributed by atoms with Crippen molar-refractivity contribution in [1.82, 2.24) is 15.5 Å². The molecule has 2 heterocycles. The molecule has 1 saturated carbocycles. The average molecular weight is 267 g/mol. The second kappa shape index (κ2) is 5.56. The molecule has 0 spiro atoms. The highest BCUT2D eigenvalue weighted by molar-refractivity contribution is 5.05. The maximum Gasteiger partial charge on any atom is 0.233 e. The zero-order chi connectivity index (χ0) is 13.2. The number of ether oxygens (including phenoxy) is 2. The van der Waals surface area contributed by atoms with Crippen LogP contribution in [-0.4, -0.2) is 43.1 Å². The molecule has 1 aromatic rings. The second-order valence-corrected chi connectivity index (χ2v) is 5.29. The van der Waals surface area contributed by atoms with Gasteiger partial charge in [-0.2, -0.15) is 4.98 Å². The fraction of sp³-hybridized carbons (Fsp3) is 0.846. The van der Waals surface area contributed by atoms with Crippen LogP contribution in [0.4, 0.5) is 0 Å². The number of hydrogen-bond donors (Lipinski definition) is 1. The van der Waals surface area contributed by atoms with Crippen molar-refractivity contribution in [1.29, 1.82) is 0 Å². The number of likely N-dealkylation sites (N-methyl/N-ethyl adjacent to an activating group) is 1. The van der Waals surface area contributed by atoms with E-state index in [1.807, 2.05) is 0 Å². The van der Waals surface area contributed by atoms with Gasteiger partial charge in [0.15, 0.2) is 0 Å². The Morgan fingerprint density at radius 2 is 2.26 bits per heavy atom. The highest BCUT2D eigenvalue weighted by atomic mass is 16.5. The third kappa shape index (κ3) is 2.66. The van der Waals surface area contributed by atoms with Gasteiger partial charge in [0.05, 0.1) is 19.1 Å². The first-order chi connectivity index (χ1) is 9.33. The van der Waals surface area contributed by atoms with E-state index in [2.05, 4.69) is 22.4 Å². The molecule has 1 saturated heterocycles. The number of nitrogens with zero attached hydrogens (tertiary/aromatic N) is 2. The molecule has 6 nitrogen and oxygen atoms in total. The molecule has 0 bridgehead atoms. The minimum atomic E-state index is -0.0163. The minimum absolute atomic E-state index is 0.0163. The number of rotatable bonds is 6. The van der Waals surface area contributed by atoms with Gasteiger partial charge in [-0.1, -0.05) is 12.1 Å². The van der Waals surface area contributed by atoms with E-state index in [1.165, 1.54) is 12.8 Å². The highest BCUT2D eigenvalue weighted by Gasteiger charge is 2.38. The van der Waals surface area contributed by atoms with Gasteiger partial charge in [-0.05, 0) is 25.3 Å². The third-order valence-electron chi connectivity index (χ3n) is 3.88. The predicted octanol–water partition coefficient (Wildman–Crippen LogP) is 1.26. The van der Waals surface area contributed by atoms with Crippen LogP contribution in [-0.2, 0) is 9.47 Å². The molecule has 3 rings (SSSR count). The summed E-state index contributed by atoms with van der Waals surface area (Å²) >= 11 is 0. The number of methoxy groups -OCH3 is 1. The van der Waals surface area contributed by atoms with Crippen LogP contribution in [0.15, 0.2) is 4.52 Å². The quantitative estimate of drug-likeness (QED) is 0.836. The highest BCUT2D eigenvalue weighted by Crippen LogP contribution is 2.42. The van der Waals surface area contributed by atoms with E-state index in [1.54, 1.807) is 7.11 Å². The van der Waals surface area contributed by atoms with Gasteiger partial charge in [0.1, 0.15) is 6.10 Å². The number of hydrogen-bond acceptors (Lipinski definition) is 6. The maximum atomic E-state index is 5.51. The number of aromatic nitrogens is 2. The van der Waals surface area contributed by atoms with Gasteiger partial charge in [0, 0.05) is 13.2 Å². The van der Waals surface area contributed by atoms with E-state index < -0.39 is 0 Å². The van der Waals surface area contributed by atoms with Crippen molar-refractivity contribution < 1.29 is 14.0 Å². The summed E-state index contributed by atoms with van der Waals surface area (Å²) in [6.45, 7) is 4.34. The molecule has 6 heteroatoms. The Bertz CT molecular complexity index is 419.